The third kappa shape index (κ3) is 3.14. The molecule has 3 aromatic rings. The lowest BCUT2D eigenvalue weighted by Gasteiger charge is -2.38. The van der Waals surface area contributed by atoms with Gasteiger partial charge in [0.2, 0.25) is 5.91 Å². The van der Waals surface area contributed by atoms with Gasteiger partial charge in [0.1, 0.15) is 9.07 Å². The summed E-state index contributed by atoms with van der Waals surface area (Å²) in [6.45, 7) is 0.533. The normalized spacial score (nSPS) is 20.2. The predicted octanol–water partition coefficient (Wildman–Crippen LogP) is 6.06. The van der Waals surface area contributed by atoms with Gasteiger partial charge in [-0.1, -0.05) is 102 Å². The maximum atomic E-state index is 13.2. The molecule has 1 amide bonds. The van der Waals surface area contributed by atoms with E-state index < -0.39 is 4.75 Å². The number of carbonyl (C=O) groups is 1. The molecule has 1 unspecified atom stereocenters. The minimum atomic E-state index is -0.879. The highest BCUT2D eigenvalue weighted by Gasteiger charge is 2.50. The molecular weight excluding hydrogens is 432 g/mol. The van der Waals surface area contributed by atoms with Crippen LogP contribution in [0.4, 0.5) is 5.69 Å². The topological polar surface area (TPSA) is 32.3 Å². The van der Waals surface area contributed by atoms with Crippen molar-refractivity contribution in [1.29, 1.82) is 0 Å². The summed E-state index contributed by atoms with van der Waals surface area (Å²) in [6, 6.07) is 25.6. The van der Waals surface area contributed by atoms with Crippen LogP contribution >= 0.6 is 35.6 Å². The van der Waals surface area contributed by atoms with E-state index in [0.717, 1.165) is 28.1 Å². The standard InChI is InChI=1S/C24H17ClN2OS2/c25-19-12-6-4-10-17(19)15-27-21(16-8-2-1-3-9-16)14-24(30-23(27)29)18-11-5-7-13-20(18)26-22(24)28/h1-14H,15H2,(H,26,28). The number of rotatable bonds is 3. The summed E-state index contributed by atoms with van der Waals surface area (Å²) < 4.78 is -0.237. The lowest BCUT2D eigenvalue weighted by atomic mass is 9.95. The molecule has 0 fully saturated rings. The summed E-state index contributed by atoms with van der Waals surface area (Å²) in [6.07, 6.45) is 2.04. The number of carbonyl (C=O) groups excluding carboxylic acids is 1. The molecule has 1 spiro atoms. The van der Waals surface area contributed by atoms with Crippen molar-refractivity contribution in [2.75, 3.05) is 5.32 Å². The number of halogens is 1. The second kappa shape index (κ2) is 7.58. The first-order valence-corrected chi connectivity index (χ1v) is 11.1. The van der Waals surface area contributed by atoms with Crippen molar-refractivity contribution in [3.63, 3.8) is 0 Å². The third-order valence-electron chi connectivity index (χ3n) is 5.37. The second-order valence-corrected chi connectivity index (χ2v) is 9.46. The molecular formula is C24H17ClN2OS2. The average Bonchev–Trinajstić information content (AvgIpc) is 3.03. The molecule has 0 radical (unpaired) electrons. The maximum absolute atomic E-state index is 13.2. The summed E-state index contributed by atoms with van der Waals surface area (Å²) >= 11 is 13.7. The molecule has 0 bridgehead atoms. The predicted molar refractivity (Wildman–Crippen MR) is 128 cm³/mol. The van der Waals surface area contributed by atoms with Crippen LogP contribution in [-0.2, 0) is 16.1 Å². The average molecular weight is 449 g/mol. The van der Waals surface area contributed by atoms with Gasteiger partial charge in [-0.15, -0.1) is 0 Å². The molecule has 148 valence electrons. The number of fused-ring (bicyclic) bond motifs is 2. The Morgan fingerprint density at radius 3 is 2.47 bits per heavy atom. The van der Waals surface area contributed by atoms with E-state index in [4.69, 9.17) is 23.8 Å². The molecule has 3 aromatic carbocycles. The van der Waals surface area contributed by atoms with E-state index in [-0.39, 0.29) is 5.91 Å². The summed E-state index contributed by atoms with van der Waals surface area (Å²) in [5.74, 6) is -0.0677. The van der Waals surface area contributed by atoms with Gasteiger partial charge in [0.25, 0.3) is 0 Å². The fourth-order valence-electron chi connectivity index (χ4n) is 3.88. The molecule has 5 rings (SSSR count). The molecule has 2 aliphatic heterocycles. The Balaban J connectivity index is 1.67. The highest BCUT2D eigenvalue weighted by Crippen LogP contribution is 2.52. The fraction of sp³-hybridized carbons (Fsp3) is 0.0833. The molecule has 1 atom stereocenters. The minimum Gasteiger partial charge on any atom is -0.324 e. The summed E-state index contributed by atoms with van der Waals surface area (Å²) in [4.78, 5) is 15.2. The van der Waals surface area contributed by atoms with Crippen LogP contribution in [0.15, 0.2) is 84.9 Å². The zero-order valence-electron chi connectivity index (χ0n) is 15.8. The number of anilines is 1. The summed E-state index contributed by atoms with van der Waals surface area (Å²) in [5, 5.41) is 3.72. The smallest absolute Gasteiger partial charge is 0.249 e. The number of amides is 1. The van der Waals surface area contributed by atoms with Gasteiger partial charge in [-0.25, -0.2) is 0 Å². The first kappa shape index (κ1) is 19.4. The van der Waals surface area contributed by atoms with Crippen molar-refractivity contribution in [2.45, 2.75) is 11.3 Å². The Bertz CT molecular complexity index is 1190. The highest BCUT2D eigenvalue weighted by atomic mass is 35.5. The van der Waals surface area contributed by atoms with E-state index >= 15 is 0 Å². The first-order valence-electron chi connectivity index (χ1n) is 9.52. The number of para-hydroxylation sites is 1. The van der Waals surface area contributed by atoms with Gasteiger partial charge < -0.3 is 10.2 Å². The Morgan fingerprint density at radius 2 is 1.67 bits per heavy atom. The molecule has 2 aliphatic rings. The second-order valence-electron chi connectivity index (χ2n) is 7.18. The van der Waals surface area contributed by atoms with Crippen LogP contribution in [0.1, 0.15) is 16.7 Å². The summed E-state index contributed by atoms with van der Waals surface area (Å²) in [7, 11) is 0. The van der Waals surface area contributed by atoms with E-state index in [9.17, 15) is 4.79 Å². The van der Waals surface area contributed by atoms with Gasteiger partial charge in [0.05, 0.1) is 6.54 Å². The van der Waals surface area contributed by atoms with Crippen molar-refractivity contribution in [3.8, 4) is 0 Å². The Labute approximate surface area is 189 Å². The van der Waals surface area contributed by atoms with Crippen molar-refractivity contribution in [2.24, 2.45) is 0 Å². The zero-order chi connectivity index (χ0) is 20.7. The molecule has 0 aliphatic carbocycles. The molecule has 6 heteroatoms. The van der Waals surface area contributed by atoms with Gasteiger partial charge >= 0.3 is 0 Å². The quantitative estimate of drug-likeness (QED) is 0.493. The summed E-state index contributed by atoms with van der Waals surface area (Å²) in [5.41, 5.74) is 4.67. The van der Waals surface area contributed by atoms with Crippen LogP contribution in [-0.4, -0.2) is 15.1 Å². The van der Waals surface area contributed by atoms with Crippen LogP contribution in [0.3, 0.4) is 0 Å². The van der Waals surface area contributed by atoms with Crippen LogP contribution in [0.5, 0.6) is 0 Å². The lowest BCUT2D eigenvalue weighted by Crippen LogP contribution is -2.40. The number of thiocarbonyl (C=S) groups is 1. The van der Waals surface area contributed by atoms with Gasteiger partial charge in [0.15, 0.2) is 0 Å². The van der Waals surface area contributed by atoms with Gasteiger partial charge in [-0.2, -0.15) is 0 Å². The number of nitrogens with zero attached hydrogens (tertiary/aromatic N) is 1. The van der Waals surface area contributed by atoms with Gasteiger partial charge in [-0.05, 0) is 29.3 Å². The monoisotopic (exact) mass is 448 g/mol. The molecule has 0 aromatic heterocycles. The van der Waals surface area contributed by atoms with Crippen molar-refractivity contribution < 1.29 is 4.79 Å². The first-order chi connectivity index (χ1) is 14.6. The van der Waals surface area contributed by atoms with E-state index in [1.54, 1.807) is 0 Å². The van der Waals surface area contributed by atoms with E-state index in [2.05, 4.69) is 10.2 Å². The SMILES string of the molecule is O=C1Nc2ccccc2C12C=C(c1ccccc1)N(Cc1ccccc1Cl)C(=S)S2. The van der Waals surface area contributed by atoms with E-state index in [1.165, 1.54) is 11.8 Å². The maximum Gasteiger partial charge on any atom is 0.249 e. The molecule has 2 heterocycles. The van der Waals surface area contributed by atoms with Gasteiger partial charge in [-0.3, -0.25) is 4.79 Å². The van der Waals surface area contributed by atoms with E-state index in [0.29, 0.717) is 15.9 Å². The Morgan fingerprint density at radius 1 is 0.967 bits per heavy atom. The minimum absolute atomic E-state index is 0.0677. The molecule has 30 heavy (non-hydrogen) atoms. The fourth-order valence-corrected chi connectivity index (χ4v) is 5.79. The zero-order valence-corrected chi connectivity index (χ0v) is 18.2. The van der Waals surface area contributed by atoms with Crippen LogP contribution in [0.25, 0.3) is 5.70 Å². The largest absolute Gasteiger partial charge is 0.324 e. The molecule has 3 nitrogen and oxygen atoms in total. The number of hydrogen-bond acceptors (Lipinski definition) is 3. The number of benzene rings is 3. The van der Waals surface area contributed by atoms with Crippen molar-refractivity contribution in [1.82, 2.24) is 4.90 Å². The highest BCUT2D eigenvalue weighted by molar-refractivity contribution is 8.24. The van der Waals surface area contributed by atoms with Crippen LogP contribution in [0.2, 0.25) is 5.02 Å². The molecule has 0 saturated heterocycles. The molecule has 0 saturated carbocycles. The van der Waals surface area contributed by atoms with Gasteiger partial charge in [0, 0.05) is 22.0 Å². The Kier molecular flexibility index (Phi) is 4.89. The van der Waals surface area contributed by atoms with E-state index in [1.807, 2.05) is 84.9 Å². The van der Waals surface area contributed by atoms with Crippen LogP contribution in [0, 0.1) is 0 Å². The number of hydrogen-bond donors (Lipinski definition) is 1. The molecule has 1 N–H and O–H groups in total. The van der Waals surface area contributed by atoms with Crippen molar-refractivity contribution in [3.05, 3.63) is 107 Å². The van der Waals surface area contributed by atoms with Crippen LogP contribution < -0.4 is 5.32 Å². The number of nitrogens with one attached hydrogen (secondary N) is 1. The lowest BCUT2D eigenvalue weighted by molar-refractivity contribution is -0.116. The Hall–Kier alpha value is -2.60. The number of thioether (sulfide) groups is 1. The third-order valence-corrected chi connectivity index (χ3v) is 7.45. The van der Waals surface area contributed by atoms with Crippen molar-refractivity contribution >= 4 is 57.2 Å².